The maximum absolute atomic E-state index is 12.5. The van der Waals surface area contributed by atoms with Gasteiger partial charge in [-0.2, -0.15) is 5.10 Å². The van der Waals surface area contributed by atoms with Gasteiger partial charge in [-0.25, -0.2) is 0 Å². The first kappa shape index (κ1) is 13.7. The van der Waals surface area contributed by atoms with Crippen LogP contribution in [0.25, 0.3) is 0 Å². The van der Waals surface area contributed by atoms with E-state index in [-0.39, 0.29) is 11.8 Å². The van der Waals surface area contributed by atoms with Gasteiger partial charge in [-0.15, -0.1) is 0 Å². The van der Waals surface area contributed by atoms with E-state index < -0.39 is 5.54 Å². The number of hydrogen-bond acceptors (Lipinski definition) is 4. The second kappa shape index (κ2) is 4.87. The zero-order valence-corrected chi connectivity index (χ0v) is 11.4. The van der Waals surface area contributed by atoms with Crippen molar-refractivity contribution in [3.63, 3.8) is 0 Å². The Kier molecular flexibility index (Phi) is 3.93. The molecule has 0 fully saturated rings. The van der Waals surface area contributed by atoms with Crippen LogP contribution in [-0.4, -0.2) is 35.3 Å². The zero-order valence-electron chi connectivity index (χ0n) is 11.4. The molecule has 0 bridgehead atoms. The molecule has 17 heavy (non-hydrogen) atoms. The topological polar surface area (TPSA) is 56.1 Å². The van der Waals surface area contributed by atoms with E-state index in [1.54, 1.807) is 25.0 Å². The molecule has 0 atom stereocenters. The highest BCUT2D eigenvalue weighted by Crippen LogP contribution is 2.25. The number of carbonyl (C=O) groups excluding carboxylic acids is 1. The van der Waals surface area contributed by atoms with Crippen LogP contribution in [0.15, 0.2) is 6.20 Å². The summed E-state index contributed by atoms with van der Waals surface area (Å²) in [6.45, 7) is 7.64. The largest absolute Gasteiger partial charge is 0.493 e. The molecule has 5 heteroatoms. The first-order valence-electron chi connectivity index (χ1n) is 5.70. The van der Waals surface area contributed by atoms with Crippen molar-refractivity contribution in [3.8, 4) is 5.75 Å². The molecule has 1 heterocycles. The Balaban J connectivity index is 3.28. The van der Waals surface area contributed by atoms with Gasteiger partial charge in [0, 0.05) is 6.04 Å². The SMILES string of the molecule is CNC(C)(C)C(=O)c1c(OC)cnn1C(C)C. The van der Waals surface area contributed by atoms with Gasteiger partial charge in [0.25, 0.3) is 0 Å². The van der Waals surface area contributed by atoms with Gasteiger partial charge in [-0.05, 0) is 34.7 Å². The molecule has 0 amide bonds. The van der Waals surface area contributed by atoms with Crippen LogP contribution in [0.5, 0.6) is 5.75 Å². The lowest BCUT2D eigenvalue weighted by Crippen LogP contribution is -2.45. The van der Waals surface area contributed by atoms with Crippen LogP contribution in [0.3, 0.4) is 0 Å². The molecule has 0 aliphatic carbocycles. The minimum absolute atomic E-state index is 0.0250. The summed E-state index contributed by atoms with van der Waals surface area (Å²) in [5.41, 5.74) is -0.123. The lowest BCUT2D eigenvalue weighted by molar-refractivity contribution is 0.0873. The van der Waals surface area contributed by atoms with Gasteiger partial charge in [0.2, 0.25) is 5.78 Å². The molecular formula is C12H21N3O2. The highest BCUT2D eigenvalue weighted by Gasteiger charge is 2.32. The van der Waals surface area contributed by atoms with E-state index in [1.165, 1.54) is 0 Å². The number of ether oxygens (including phenoxy) is 1. The highest BCUT2D eigenvalue weighted by atomic mass is 16.5. The number of aromatic nitrogens is 2. The summed E-state index contributed by atoms with van der Waals surface area (Å²) in [4.78, 5) is 12.5. The third-order valence-electron chi connectivity index (χ3n) is 2.88. The molecule has 0 aromatic carbocycles. The summed E-state index contributed by atoms with van der Waals surface area (Å²) < 4.78 is 6.90. The van der Waals surface area contributed by atoms with E-state index in [0.717, 1.165) is 0 Å². The molecule has 0 radical (unpaired) electrons. The van der Waals surface area contributed by atoms with Crippen LogP contribution >= 0.6 is 0 Å². The number of methoxy groups -OCH3 is 1. The van der Waals surface area contributed by atoms with Gasteiger partial charge in [0.05, 0.1) is 18.8 Å². The van der Waals surface area contributed by atoms with Gasteiger partial charge in [0.15, 0.2) is 5.75 Å². The van der Waals surface area contributed by atoms with Crippen LogP contribution in [0, 0.1) is 0 Å². The molecule has 0 aliphatic rings. The minimum Gasteiger partial charge on any atom is -0.493 e. The molecule has 0 unspecified atom stereocenters. The number of Topliss-reactive ketones (excluding diaryl/α,β-unsaturated/α-hetero) is 1. The van der Waals surface area contributed by atoms with Crippen molar-refractivity contribution in [2.75, 3.05) is 14.2 Å². The van der Waals surface area contributed by atoms with Crippen molar-refractivity contribution < 1.29 is 9.53 Å². The molecular weight excluding hydrogens is 218 g/mol. The maximum Gasteiger partial charge on any atom is 0.204 e. The minimum atomic E-state index is -0.639. The van der Waals surface area contributed by atoms with E-state index in [1.807, 2.05) is 27.7 Å². The van der Waals surface area contributed by atoms with Crippen molar-refractivity contribution in [3.05, 3.63) is 11.9 Å². The Labute approximate surface area is 102 Å². The Morgan fingerprint density at radius 1 is 1.53 bits per heavy atom. The Hall–Kier alpha value is -1.36. The second-order valence-electron chi connectivity index (χ2n) is 4.80. The standard InChI is InChI=1S/C12H21N3O2/c1-8(2)15-10(9(17-6)7-14-15)11(16)12(3,4)13-5/h7-8,13H,1-6H3. The normalized spacial score (nSPS) is 11.9. The van der Waals surface area contributed by atoms with Crippen molar-refractivity contribution in [2.45, 2.75) is 39.3 Å². The molecule has 1 aromatic heterocycles. The maximum atomic E-state index is 12.5. The molecule has 0 aliphatic heterocycles. The average molecular weight is 239 g/mol. The second-order valence-corrected chi connectivity index (χ2v) is 4.80. The number of hydrogen-bond donors (Lipinski definition) is 1. The van der Waals surface area contributed by atoms with Gasteiger partial charge < -0.3 is 10.1 Å². The number of nitrogens with one attached hydrogen (secondary N) is 1. The lowest BCUT2D eigenvalue weighted by Gasteiger charge is -2.23. The molecule has 1 aromatic rings. The van der Waals surface area contributed by atoms with Gasteiger partial charge in [-0.1, -0.05) is 0 Å². The predicted molar refractivity (Wildman–Crippen MR) is 66.6 cm³/mol. The van der Waals surface area contributed by atoms with Crippen LogP contribution in [0.1, 0.15) is 44.2 Å². The summed E-state index contributed by atoms with van der Waals surface area (Å²) in [5.74, 6) is 0.495. The fourth-order valence-electron chi connectivity index (χ4n) is 1.51. The number of nitrogens with zero attached hydrogens (tertiary/aromatic N) is 2. The monoisotopic (exact) mass is 239 g/mol. The molecule has 1 N–H and O–H groups in total. The highest BCUT2D eigenvalue weighted by molar-refractivity contribution is 6.03. The van der Waals surface area contributed by atoms with Crippen LogP contribution in [-0.2, 0) is 0 Å². The quantitative estimate of drug-likeness (QED) is 0.794. The average Bonchev–Trinajstić information content (AvgIpc) is 2.71. The molecule has 96 valence electrons. The van der Waals surface area contributed by atoms with E-state index >= 15 is 0 Å². The Morgan fingerprint density at radius 3 is 2.53 bits per heavy atom. The van der Waals surface area contributed by atoms with Gasteiger partial charge in [0.1, 0.15) is 5.69 Å². The molecule has 5 nitrogen and oxygen atoms in total. The number of rotatable bonds is 5. The third kappa shape index (κ3) is 2.49. The van der Waals surface area contributed by atoms with Crippen molar-refractivity contribution in [1.29, 1.82) is 0 Å². The first-order valence-corrected chi connectivity index (χ1v) is 5.70. The molecule has 0 saturated carbocycles. The van der Waals surface area contributed by atoms with E-state index in [4.69, 9.17) is 4.74 Å². The van der Waals surface area contributed by atoms with E-state index in [2.05, 4.69) is 10.4 Å². The van der Waals surface area contributed by atoms with E-state index in [0.29, 0.717) is 11.4 Å². The lowest BCUT2D eigenvalue weighted by atomic mass is 9.96. The number of likely N-dealkylation sites (N-methyl/N-ethyl adjacent to an activating group) is 1. The fourth-order valence-corrected chi connectivity index (χ4v) is 1.51. The summed E-state index contributed by atoms with van der Waals surface area (Å²) in [5, 5.41) is 7.20. The van der Waals surface area contributed by atoms with E-state index in [9.17, 15) is 4.79 Å². The van der Waals surface area contributed by atoms with Crippen molar-refractivity contribution in [1.82, 2.24) is 15.1 Å². The van der Waals surface area contributed by atoms with Crippen molar-refractivity contribution in [2.24, 2.45) is 0 Å². The van der Waals surface area contributed by atoms with Crippen LogP contribution in [0.2, 0.25) is 0 Å². The van der Waals surface area contributed by atoms with Crippen LogP contribution < -0.4 is 10.1 Å². The van der Waals surface area contributed by atoms with Gasteiger partial charge >= 0.3 is 0 Å². The Morgan fingerprint density at radius 2 is 2.12 bits per heavy atom. The number of ketones is 1. The number of carbonyl (C=O) groups is 1. The third-order valence-corrected chi connectivity index (χ3v) is 2.88. The zero-order chi connectivity index (χ0) is 13.2. The summed E-state index contributed by atoms with van der Waals surface area (Å²) >= 11 is 0. The molecule has 0 spiro atoms. The smallest absolute Gasteiger partial charge is 0.204 e. The van der Waals surface area contributed by atoms with Crippen LogP contribution in [0.4, 0.5) is 0 Å². The van der Waals surface area contributed by atoms with Gasteiger partial charge in [-0.3, -0.25) is 9.48 Å². The summed E-state index contributed by atoms with van der Waals surface area (Å²) in [6.07, 6.45) is 1.58. The first-order chi connectivity index (χ1) is 7.85. The fraction of sp³-hybridized carbons (Fsp3) is 0.667. The molecule has 0 saturated heterocycles. The Bertz CT molecular complexity index is 408. The van der Waals surface area contributed by atoms with Crippen molar-refractivity contribution >= 4 is 5.78 Å². The summed E-state index contributed by atoms with van der Waals surface area (Å²) in [6, 6.07) is 0.116. The molecule has 1 rings (SSSR count). The summed E-state index contributed by atoms with van der Waals surface area (Å²) in [7, 11) is 3.31. The predicted octanol–water partition coefficient (Wildman–Crippen LogP) is 1.65.